The Hall–Kier alpha value is -3.80. The van der Waals surface area contributed by atoms with Crippen LogP contribution in [0.3, 0.4) is 0 Å². The van der Waals surface area contributed by atoms with Gasteiger partial charge in [0.1, 0.15) is 12.4 Å². The summed E-state index contributed by atoms with van der Waals surface area (Å²) in [5.74, 6) is -0.0167. The fourth-order valence-electron chi connectivity index (χ4n) is 2.55. The Kier molecular flexibility index (Phi) is 6.25. The van der Waals surface area contributed by atoms with Gasteiger partial charge < -0.3 is 21.1 Å². The van der Waals surface area contributed by atoms with Gasteiger partial charge in [0.2, 0.25) is 11.8 Å². The van der Waals surface area contributed by atoms with Gasteiger partial charge >= 0.3 is 0 Å². The van der Waals surface area contributed by atoms with Crippen LogP contribution in [0.25, 0.3) is 0 Å². The topological polar surface area (TPSA) is 93.5 Å². The maximum Gasteiger partial charge on any atom is 0.248 e. The number of anilines is 2. The van der Waals surface area contributed by atoms with E-state index in [9.17, 15) is 9.59 Å². The second-order valence-electron chi connectivity index (χ2n) is 6.15. The number of benzene rings is 3. The van der Waals surface area contributed by atoms with E-state index in [1.54, 1.807) is 24.3 Å². The molecule has 0 heterocycles. The maximum absolute atomic E-state index is 12.1. The molecule has 0 atom stereocenters. The van der Waals surface area contributed by atoms with Crippen LogP contribution in [-0.4, -0.2) is 18.4 Å². The molecule has 28 heavy (non-hydrogen) atoms. The van der Waals surface area contributed by atoms with Gasteiger partial charge in [0.15, 0.2) is 0 Å². The summed E-state index contributed by atoms with van der Waals surface area (Å²) < 4.78 is 5.74. The van der Waals surface area contributed by atoms with E-state index >= 15 is 0 Å². The second kappa shape index (κ2) is 9.23. The monoisotopic (exact) mass is 375 g/mol. The summed E-state index contributed by atoms with van der Waals surface area (Å²) in [6.45, 7) is 0.589. The normalized spacial score (nSPS) is 10.1. The van der Waals surface area contributed by atoms with Crippen LogP contribution in [0.4, 0.5) is 11.4 Å². The quantitative estimate of drug-likeness (QED) is 0.562. The third-order valence-electron chi connectivity index (χ3n) is 3.99. The van der Waals surface area contributed by atoms with Gasteiger partial charge in [-0.1, -0.05) is 36.4 Å². The van der Waals surface area contributed by atoms with Crippen molar-refractivity contribution in [1.29, 1.82) is 0 Å². The molecule has 0 spiro atoms. The molecule has 0 unspecified atom stereocenters. The van der Waals surface area contributed by atoms with E-state index in [1.165, 1.54) is 0 Å². The summed E-state index contributed by atoms with van der Waals surface area (Å²) in [5.41, 5.74) is 8.00. The summed E-state index contributed by atoms with van der Waals surface area (Å²) in [6, 6.07) is 23.8. The molecule has 3 aromatic carbocycles. The van der Waals surface area contributed by atoms with E-state index < -0.39 is 5.91 Å². The zero-order chi connectivity index (χ0) is 19.8. The summed E-state index contributed by atoms with van der Waals surface area (Å²) >= 11 is 0. The molecule has 0 aliphatic rings. The SMILES string of the molecule is NC(=O)c1cccc(NC(=O)CNc2ccc(OCc3ccccc3)cc2)c1. The Morgan fingerprint density at radius 3 is 2.32 bits per heavy atom. The fourth-order valence-corrected chi connectivity index (χ4v) is 2.55. The molecule has 0 saturated carbocycles. The molecule has 142 valence electrons. The average molecular weight is 375 g/mol. The van der Waals surface area contributed by atoms with E-state index in [-0.39, 0.29) is 12.5 Å². The van der Waals surface area contributed by atoms with Crippen molar-refractivity contribution in [3.8, 4) is 5.75 Å². The van der Waals surface area contributed by atoms with Crippen LogP contribution in [-0.2, 0) is 11.4 Å². The lowest BCUT2D eigenvalue weighted by Gasteiger charge is -2.10. The lowest BCUT2D eigenvalue weighted by molar-refractivity contribution is -0.114. The maximum atomic E-state index is 12.1. The van der Waals surface area contributed by atoms with E-state index in [0.29, 0.717) is 17.9 Å². The number of ether oxygens (including phenoxy) is 1. The lowest BCUT2D eigenvalue weighted by atomic mass is 10.2. The summed E-state index contributed by atoms with van der Waals surface area (Å²) in [6.07, 6.45) is 0. The van der Waals surface area contributed by atoms with E-state index in [1.807, 2.05) is 54.6 Å². The van der Waals surface area contributed by atoms with Gasteiger partial charge in [-0.25, -0.2) is 0 Å². The first-order valence-corrected chi connectivity index (χ1v) is 8.80. The Morgan fingerprint density at radius 2 is 1.61 bits per heavy atom. The first-order chi connectivity index (χ1) is 13.6. The summed E-state index contributed by atoms with van der Waals surface area (Å²) in [4.78, 5) is 23.3. The molecule has 4 N–H and O–H groups in total. The van der Waals surface area contributed by atoms with Gasteiger partial charge in [0.25, 0.3) is 0 Å². The fraction of sp³-hybridized carbons (Fsp3) is 0.0909. The molecule has 0 fully saturated rings. The zero-order valence-electron chi connectivity index (χ0n) is 15.2. The average Bonchev–Trinajstić information content (AvgIpc) is 2.72. The molecular formula is C22H21N3O3. The second-order valence-corrected chi connectivity index (χ2v) is 6.15. The number of hydrogen-bond acceptors (Lipinski definition) is 4. The van der Waals surface area contributed by atoms with E-state index in [4.69, 9.17) is 10.5 Å². The Bertz CT molecular complexity index is 941. The number of nitrogens with one attached hydrogen (secondary N) is 2. The van der Waals surface area contributed by atoms with Gasteiger partial charge in [-0.3, -0.25) is 9.59 Å². The minimum absolute atomic E-state index is 0.0883. The van der Waals surface area contributed by atoms with Crippen molar-refractivity contribution in [2.45, 2.75) is 6.61 Å². The van der Waals surface area contributed by atoms with Crippen LogP contribution in [0.1, 0.15) is 15.9 Å². The van der Waals surface area contributed by atoms with Gasteiger partial charge in [0.05, 0.1) is 6.54 Å². The Labute approximate surface area is 163 Å². The molecule has 3 aromatic rings. The minimum atomic E-state index is -0.538. The highest BCUT2D eigenvalue weighted by Crippen LogP contribution is 2.17. The van der Waals surface area contributed by atoms with Crippen LogP contribution >= 0.6 is 0 Å². The minimum Gasteiger partial charge on any atom is -0.489 e. The highest BCUT2D eigenvalue weighted by Gasteiger charge is 2.05. The third kappa shape index (κ3) is 5.60. The van der Waals surface area contributed by atoms with E-state index in [0.717, 1.165) is 17.0 Å². The Balaban J connectivity index is 1.47. The number of amides is 2. The van der Waals surface area contributed by atoms with Crippen molar-refractivity contribution in [3.63, 3.8) is 0 Å². The molecule has 6 nitrogen and oxygen atoms in total. The number of carbonyl (C=O) groups excluding carboxylic acids is 2. The third-order valence-corrected chi connectivity index (χ3v) is 3.99. The molecular weight excluding hydrogens is 354 g/mol. The van der Waals surface area contributed by atoms with Crippen LogP contribution in [0.15, 0.2) is 78.9 Å². The zero-order valence-corrected chi connectivity index (χ0v) is 15.2. The first kappa shape index (κ1) is 19.0. The van der Waals surface area contributed by atoms with Crippen LogP contribution in [0.5, 0.6) is 5.75 Å². The number of rotatable bonds is 8. The predicted octanol–water partition coefficient (Wildman–Crippen LogP) is 3.42. The lowest BCUT2D eigenvalue weighted by Crippen LogP contribution is -2.22. The standard InChI is InChI=1S/C22H21N3O3/c23-22(27)17-7-4-8-19(13-17)25-21(26)14-24-18-9-11-20(12-10-18)28-15-16-5-2-1-3-6-16/h1-13,24H,14-15H2,(H2,23,27)(H,25,26). The van der Waals surface area contributed by atoms with Crippen molar-refractivity contribution in [2.75, 3.05) is 17.2 Å². The highest BCUT2D eigenvalue weighted by molar-refractivity contribution is 5.97. The van der Waals surface area contributed by atoms with Gasteiger partial charge in [0, 0.05) is 16.9 Å². The van der Waals surface area contributed by atoms with Crippen molar-refractivity contribution >= 4 is 23.2 Å². The number of primary amides is 1. The predicted molar refractivity (Wildman–Crippen MR) is 109 cm³/mol. The highest BCUT2D eigenvalue weighted by atomic mass is 16.5. The smallest absolute Gasteiger partial charge is 0.248 e. The molecule has 0 aliphatic carbocycles. The summed E-state index contributed by atoms with van der Waals surface area (Å²) in [5, 5.41) is 5.77. The van der Waals surface area contributed by atoms with Crippen LogP contribution in [0, 0.1) is 0 Å². The molecule has 0 aliphatic heterocycles. The molecule has 0 bridgehead atoms. The van der Waals surface area contributed by atoms with Gasteiger partial charge in [-0.2, -0.15) is 0 Å². The molecule has 2 amide bonds. The van der Waals surface area contributed by atoms with Crippen molar-refractivity contribution in [3.05, 3.63) is 90.0 Å². The summed E-state index contributed by atoms with van der Waals surface area (Å²) in [7, 11) is 0. The van der Waals surface area contributed by atoms with Crippen molar-refractivity contribution in [1.82, 2.24) is 0 Å². The molecule has 6 heteroatoms. The number of nitrogens with two attached hydrogens (primary N) is 1. The molecule has 0 aromatic heterocycles. The van der Waals surface area contributed by atoms with Crippen molar-refractivity contribution in [2.24, 2.45) is 5.73 Å². The first-order valence-electron chi connectivity index (χ1n) is 8.80. The van der Waals surface area contributed by atoms with Gasteiger partial charge in [-0.05, 0) is 48.0 Å². The largest absolute Gasteiger partial charge is 0.489 e. The Morgan fingerprint density at radius 1 is 0.857 bits per heavy atom. The van der Waals surface area contributed by atoms with Crippen LogP contribution in [0.2, 0.25) is 0 Å². The van der Waals surface area contributed by atoms with Gasteiger partial charge in [-0.15, -0.1) is 0 Å². The van der Waals surface area contributed by atoms with E-state index in [2.05, 4.69) is 10.6 Å². The molecule has 0 saturated heterocycles. The van der Waals surface area contributed by atoms with Crippen LogP contribution < -0.4 is 21.1 Å². The molecule has 0 radical (unpaired) electrons. The number of hydrogen-bond donors (Lipinski definition) is 3. The number of carbonyl (C=O) groups is 2. The van der Waals surface area contributed by atoms with Crippen molar-refractivity contribution < 1.29 is 14.3 Å². The molecule has 3 rings (SSSR count).